The van der Waals surface area contributed by atoms with Crippen LogP contribution >= 0.6 is 0 Å². The number of hydrogen-bond donors (Lipinski definition) is 2. The molecule has 0 aliphatic heterocycles. The van der Waals surface area contributed by atoms with E-state index in [2.05, 4.69) is 50.4 Å². The van der Waals surface area contributed by atoms with Crippen molar-refractivity contribution in [1.82, 2.24) is 0 Å². The molecule has 0 amide bonds. The Balaban J connectivity index is 2.06. The summed E-state index contributed by atoms with van der Waals surface area (Å²) in [4.78, 5) is 0. The third-order valence-electron chi connectivity index (χ3n) is 3.47. The van der Waals surface area contributed by atoms with E-state index in [0.29, 0.717) is 12.3 Å². The molecule has 20 heavy (non-hydrogen) atoms. The molecule has 2 nitrogen and oxygen atoms in total. The van der Waals surface area contributed by atoms with E-state index >= 15 is 0 Å². The summed E-state index contributed by atoms with van der Waals surface area (Å²) in [6.45, 7) is 9.28. The van der Waals surface area contributed by atoms with Gasteiger partial charge in [-0.25, -0.2) is 0 Å². The molecular formula is C18H23NO. The highest BCUT2D eigenvalue weighted by Crippen LogP contribution is 2.24. The summed E-state index contributed by atoms with van der Waals surface area (Å²) >= 11 is 0. The van der Waals surface area contributed by atoms with Gasteiger partial charge in [-0.15, -0.1) is 0 Å². The van der Waals surface area contributed by atoms with Gasteiger partial charge in [0, 0.05) is 17.8 Å². The SMILES string of the molecule is Cc1ccc(O)c(CNc2ccc(C(C)(C)C)cc2)c1. The maximum atomic E-state index is 9.82. The quantitative estimate of drug-likeness (QED) is 0.852. The fraction of sp³-hybridized carbons (Fsp3) is 0.333. The summed E-state index contributed by atoms with van der Waals surface area (Å²) in [6, 6.07) is 14.1. The summed E-state index contributed by atoms with van der Waals surface area (Å²) in [5, 5.41) is 13.2. The van der Waals surface area contributed by atoms with Gasteiger partial charge in [-0.2, -0.15) is 0 Å². The number of phenolic OH excluding ortho intramolecular Hbond substituents is 1. The maximum Gasteiger partial charge on any atom is 0.120 e. The Labute approximate surface area is 121 Å². The fourth-order valence-electron chi connectivity index (χ4n) is 2.14. The predicted molar refractivity (Wildman–Crippen MR) is 85.3 cm³/mol. The monoisotopic (exact) mass is 269 g/mol. The van der Waals surface area contributed by atoms with Crippen molar-refractivity contribution in [2.75, 3.05) is 5.32 Å². The number of rotatable bonds is 3. The zero-order chi connectivity index (χ0) is 14.8. The average Bonchev–Trinajstić information content (AvgIpc) is 2.39. The van der Waals surface area contributed by atoms with Crippen molar-refractivity contribution in [2.45, 2.75) is 39.7 Å². The second-order valence-corrected chi connectivity index (χ2v) is 6.31. The number of aromatic hydroxyl groups is 1. The van der Waals surface area contributed by atoms with Crippen LogP contribution in [0.1, 0.15) is 37.5 Å². The van der Waals surface area contributed by atoms with Gasteiger partial charge in [0.15, 0.2) is 0 Å². The normalized spacial score (nSPS) is 11.4. The molecule has 2 aromatic rings. The lowest BCUT2D eigenvalue weighted by Gasteiger charge is -2.19. The molecule has 0 fully saturated rings. The van der Waals surface area contributed by atoms with E-state index in [1.807, 2.05) is 19.1 Å². The summed E-state index contributed by atoms with van der Waals surface area (Å²) in [7, 11) is 0. The molecule has 0 bridgehead atoms. The Hall–Kier alpha value is -1.96. The van der Waals surface area contributed by atoms with Crippen LogP contribution in [0, 0.1) is 6.92 Å². The zero-order valence-electron chi connectivity index (χ0n) is 12.7. The van der Waals surface area contributed by atoms with Gasteiger partial charge in [-0.3, -0.25) is 0 Å². The van der Waals surface area contributed by atoms with Gasteiger partial charge in [0.2, 0.25) is 0 Å². The Bertz CT molecular complexity index is 579. The summed E-state index contributed by atoms with van der Waals surface area (Å²) < 4.78 is 0. The minimum Gasteiger partial charge on any atom is -0.508 e. The summed E-state index contributed by atoms with van der Waals surface area (Å²) in [5.74, 6) is 0.342. The van der Waals surface area contributed by atoms with E-state index in [4.69, 9.17) is 0 Å². The Kier molecular flexibility index (Phi) is 4.03. The number of benzene rings is 2. The van der Waals surface area contributed by atoms with E-state index < -0.39 is 0 Å². The number of anilines is 1. The zero-order valence-corrected chi connectivity index (χ0v) is 12.7. The standard InChI is InChI=1S/C18H23NO/c1-13-5-10-17(20)14(11-13)12-19-16-8-6-15(7-9-16)18(2,3)4/h5-11,19-20H,12H2,1-4H3. The number of hydrogen-bond acceptors (Lipinski definition) is 2. The van der Waals surface area contributed by atoms with Crippen molar-refractivity contribution in [3.05, 3.63) is 59.2 Å². The molecule has 106 valence electrons. The van der Waals surface area contributed by atoms with Crippen LogP contribution in [0.4, 0.5) is 5.69 Å². The van der Waals surface area contributed by atoms with E-state index in [0.717, 1.165) is 16.8 Å². The molecule has 0 saturated heterocycles. The fourth-order valence-corrected chi connectivity index (χ4v) is 2.14. The maximum absolute atomic E-state index is 9.82. The molecule has 0 aromatic heterocycles. The van der Waals surface area contributed by atoms with Crippen LogP contribution in [0.25, 0.3) is 0 Å². The van der Waals surface area contributed by atoms with Gasteiger partial charge in [0.1, 0.15) is 5.75 Å². The predicted octanol–water partition coefficient (Wildman–Crippen LogP) is 4.61. The van der Waals surface area contributed by atoms with Gasteiger partial charge in [0.05, 0.1) is 0 Å². The van der Waals surface area contributed by atoms with Gasteiger partial charge in [-0.1, -0.05) is 50.6 Å². The molecule has 2 N–H and O–H groups in total. The highest BCUT2D eigenvalue weighted by Gasteiger charge is 2.12. The van der Waals surface area contributed by atoms with Crippen LogP contribution in [0.3, 0.4) is 0 Å². The molecule has 0 saturated carbocycles. The minimum atomic E-state index is 0.174. The Morgan fingerprint density at radius 3 is 2.25 bits per heavy atom. The first kappa shape index (κ1) is 14.4. The molecule has 0 atom stereocenters. The Morgan fingerprint density at radius 2 is 1.65 bits per heavy atom. The molecular weight excluding hydrogens is 246 g/mol. The van der Waals surface area contributed by atoms with Crippen molar-refractivity contribution >= 4 is 5.69 Å². The molecule has 0 radical (unpaired) electrons. The average molecular weight is 269 g/mol. The first-order chi connectivity index (χ1) is 9.36. The number of nitrogens with one attached hydrogen (secondary N) is 1. The molecule has 0 spiro atoms. The lowest BCUT2D eigenvalue weighted by molar-refractivity contribution is 0.469. The topological polar surface area (TPSA) is 32.3 Å². The van der Waals surface area contributed by atoms with Gasteiger partial charge >= 0.3 is 0 Å². The van der Waals surface area contributed by atoms with Crippen molar-refractivity contribution in [3.8, 4) is 5.75 Å². The van der Waals surface area contributed by atoms with Crippen LogP contribution in [-0.2, 0) is 12.0 Å². The number of aryl methyl sites for hydroxylation is 1. The Morgan fingerprint density at radius 1 is 1.00 bits per heavy atom. The van der Waals surface area contributed by atoms with Crippen LogP contribution in [-0.4, -0.2) is 5.11 Å². The van der Waals surface area contributed by atoms with Crippen molar-refractivity contribution in [2.24, 2.45) is 0 Å². The summed E-state index contributed by atoms with van der Waals surface area (Å²) in [5.41, 5.74) is 4.64. The van der Waals surface area contributed by atoms with Gasteiger partial charge < -0.3 is 10.4 Å². The smallest absolute Gasteiger partial charge is 0.120 e. The third-order valence-corrected chi connectivity index (χ3v) is 3.47. The molecule has 2 aromatic carbocycles. The third kappa shape index (κ3) is 3.53. The first-order valence-corrected chi connectivity index (χ1v) is 6.99. The van der Waals surface area contributed by atoms with Crippen LogP contribution < -0.4 is 5.32 Å². The van der Waals surface area contributed by atoms with E-state index in [1.54, 1.807) is 6.07 Å². The van der Waals surface area contributed by atoms with Crippen molar-refractivity contribution in [1.29, 1.82) is 0 Å². The van der Waals surface area contributed by atoms with Crippen LogP contribution in [0.2, 0.25) is 0 Å². The van der Waals surface area contributed by atoms with Crippen molar-refractivity contribution < 1.29 is 5.11 Å². The minimum absolute atomic E-state index is 0.174. The van der Waals surface area contributed by atoms with Gasteiger partial charge in [0.25, 0.3) is 0 Å². The molecule has 0 aliphatic rings. The summed E-state index contributed by atoms with van der Waals surface area (Å²) in [6.07, 6.45) is 0. The first-order valence-electron chi connectivity index (χ1n) is 6.99. The molecule has 0 heterocycles. The molecule has 2 rings (SSSR count). The highest BCUT2D eigenvalue weighted by atomic mass is 16.3. The van der Waals surface area contributed by atoms with E-state index in [-0.39, 0.29) is 5.41 Å². The van der Waals surface area contributed by atoms with Gasteiger partial charge in [-0.05, 0) is 36.1 Å². The second-order valence-electron chi connectivity index (χ2n) is 6.31. The molecule has 2 heteroatoms. The molecule has 0 aliphatic carbocycles. The lowest BCUT2D eigenvalue weighted by atomic mass is 9.87. The van der Waals surface area contributed by atoms with E-state index in [1.165, 1.54) is 5.56 Å². The van der Waals surface area contributed by atoms with Crippen LogP contribution in [0.5, 0.6) is 5.75 Å². The number of phenols is 1. The second kappa shape index (κ2) is 5.58. The van der Waals surface area contributed by atoms with E-state index in [9.17, 15) is 5.11 Å². The highest BCUT2D eigenvalue weighted by molar-refractivity contribution is 5.47. The van der Waals surface area contributed by atoms with Crippen LogP contribution in [0.15, 0.2) is 42.5 Å². The largest absolute Gasteiger partial charge is 0.508 e. The lowest BCUT2D eigenvalue weighted by Crippen LogP contribution is -2.10. The van der Waals surface area contributed by atoms with Crippen molar-refractivity contribution in [3.63, 3.8) is 0 Å². The molecule has 0 unspecified atom stereocenters.